The molecule has 0 saturated carbocycles. The molecule has 146 valence electrons. The number of hydrogen-bond acceptors (Lipinski definition) is 2. The summed E-state index contributed by atoms with van der Waals surface area (Å²) in [6.07, 6.45) is 1.66. The van der Waals surface area contributed by atoms with Gasteiger partial charge in [-0.3, -0.25) is 4.79 Å². The topological polar surface area (TPSA) is 57.8 Å². The Balaban J connectivity index is 1.99. The van der Waals surface area contributed by atoms with E-state index < -0.39 is 5.91 Å². The van der Waals surface area contributed by atoms with Gasteiger partial charge in [0.05, 0.1) is 0 Å². The molecule has 0 saturated heterocycles. The van der Waals surface area contributed by atoms with Crippen molar-refractivity contribution in [2.75, 3.05) is 5.32 Å². The minimum atomic E-state index is -0.404. The lowest BCUT2D eigenvalue weighted by Gasteiger charge is -2.14. The molecule has 4 heteroatoms. The van der Waals surface area contributed by atoms with E-state index >= 15 is 0 Å². The number of aromatic nitrogens is 1. The molecule has 2 aromatic carbocycles. The van der Waals surface area contributed by atoms with Crippen molar-refractivity contribution < 1.29 is 4.79 Å². The van der Waals surface area contributed by atoms with E-state index in [9.17, 15) is 10.1 Å². The first kappa shape index (κ1) is 20.2. The van der Waals surface area contributed by atoms with Gasteiger partial charge in [-0.1, -0.05) is 30.3 Å². The average Bonchev–Trinajstić information content (AvgIpc) is 2.97. The summed E-state index contributed by atoms with van der Waals surface area (Å²) < 4.78 is 2.17. The van der Waals surface area contributed by atoms with Crippen molar-refractivity contribution in [3.63, 3.8) is 0 Å². The zero-order valence-corrected chi connectivity index (χ0v) is 17.5. The van der Waals surface area contributed by atoms with E-state index in [1.165, 1.54) is 11.1 Å². The minimum Gasteiger partial charge on any atom is -0.321 e. The zero-order chi connectivity index (χ0) is 21.1. The number of aryl methyl sites for hydroxylation is 3. The first-order chi connectivity index (χ1) is 13.8. The second-order valence-corrected chi connectivity index (χ2v) is 7.32. The van der Waals surface area contributed by atoms with E-state index in [1.807, 2.05) is 63.2 Å². The smallest absolute Gasteiger partial charge is 0.266 e. The van der Waals surface area contributed by atoms with Crippen molar-refractivity contribution in [1.29, 1.82) is 5.26 Å². The molecule has 1 N–H and O–H groups in total. The van der Waals surface area contributed by atoms with Gasteiger partial charge in [0.1, 0.15) is 11.6 Å². The van der Waals surface area contributed by atoms with Gasteiger partial charge in [-0.15, -0.1) is 0 Å². The molecule has 0 aliphatic rings. The van der Waals surface area contributed by atoms with E-state index in [2.05, 4.69) is 35.9 Å². The fraction of sp³-hybridized carbons (Fsp3) is 0.200. The Morgan fingerprint density at radius 2 is 1.69 bits per heavy atom. The van der Waals surface area contributed by atoms with Gasteiger partial charge >= 0.3 is 0 Å². The number of nitrogens with one attached hydrogen (secondary N) is 1. The van der Waals surface area contributed by atoms with Crippen LogP contribution in [-0.4, -0.2) is 10.5 Å². The van der Waals surface area contributed by atoms with Gasteiger partial charge in [0.15, 0.2) is 0 Å². The standard InChI is InChI=1S/C25H25N3O/c1-16-10-8-12-24(19(16)4)28-18(3)13-21(20(28)5)14-22(15-26)25(29)27-23-11-7-6-9-17(23)2/h6-14H,1-5H3,(H,27,29)/b22-14-. The van der Waals surface area contributed by atoms with E-state index in [1.54, 1.807) is 6.08 Å². The molecule has 4 nitrogen and oxygen atoms in total. The van der Waals surface area contributed by atoms with Gasteiger partial charge < -0.3 is 9.88 Å². The highest BCUT2D eigenvalue weighted by Gasteiger charge is 2.15. The Labute approximate surface area is 172 Å². The van der Waals surface area contributed by atoms with Crippen LogP contribution in [0.25, 0.3) is 11.8 Å². The Bertz CT molecular complexity index is 1160. The maximum absolute atomic E-state index is 12.7. The SMILES string of the molecule is Cc1ccccc1NC(=O)/C(C#N)=C\c1cc(C)n(-c2cccc(C)c2C)c1C. The quantitative estimate of drug-likeness (QED) is 0.473. The third-order valence-corrected chi connectivity index (χ3v) is 5.35. The number of benzene rings is 2. The summed E-state index contributed by atoms with van der Waals surface area (Å²) in [5.74, 6) is -0.404. The van der Waals surface area contributed by atoms with Gasteiger partial charge in [0.2, 0.25) is 0 Å². The maximum atomic E-state index is 12.7. The highest BCUT2D eigenvalue weighted by Crippen LogP contribution is 2.26. The fourth-order valence-electron chi connectivity index (χ4n) is 3.49. The largest absolute Gasteiger partial charge is 0.321 e. The van der Waals surface area contributed by atoms with Crippen molar-refractivity contribution in [2.45, 2.75) is 34.6 Å². The summed E-state index contributed by atoms with van der Waals surface area (Å²) >= 11 is 0. The minimum absolute atomic E-state index is 0.0782. The Kier molecular flexibility index (Phi) is 5.70. The Morgan fingerprint density at radius 3 is 2.38 bits per heavy atom. The molecule has 3 aromatic rings. The van der Waals surface area contributed by atoms with Crippen LogP contribution in [0.4, 0.5) is 5.69 Å². The molecule has 0 atom stereocenters. The maximum Gasteiger partial charge on any atom is 0.266 e. The number of nitriles is 1. The molecule has 29 heavy (non-hydrogen) atoms. The molecule has 0 radical (unpaired) electrons. The van der Waals surface area contributed by atoms with E-state index in [0.717, 1.165) is 28.2 Å². The van der Waals surface area contributed by atoms with E-state index in [4.69, 9.17) is 0 Å². The van der Waals surface area contributed by atoms with Crippen molar-refractivity contribution in [2.24, 2.45) is 0 Å². The number of para-hydroxylation sites is 1. The summed E-state index contributed by atoms with van der Waals surface area (Å²) in [5.41, 5.74) is 8.19. The van der Waals surface area contributed by atoms with Crippen molar-refractivity contribution in [3.8, 4) is 11.8 Å². The van der Waals surface area contributed by atoms with Crippen LogP contribution in [-0.2, 0) is 4.79 Å². The van der Waals surface area contributed by atoms with Crippen LogP contribution in [0.15, 0.2) is 54.1 Å². The van der Waals surface area contributed by atoms with Crippen LogP contribution in [0.5, 0.6) is 0 Å². The lowest BCUT2D eigenvalue weighted by atomic mass is 10.1. The highest BCUT2D eigenvalue weighted by atomic mass is 16.1. The third-order valence-electron chi connectivity index (χ3n) is 5.35. The molecule has 0 aliphatic carbocycles. The average molecular weight is 383 g/mol. The molecule has 0 unspecified atom stereocenters. The van der Waals surface area contributed by atoms with Gasteiger partial charge in [-0.05, 0) is 81.1 Å². The molecular formula is C25H25N3O. The molecule has 0 aliphatic heterocycles. The summed E-state index contributed by atoms with van der Waals surface area (Å²) in [4.78, 5) is 12.7. The highest BCUT2D eigenvalue weighted by molar-refractivity contribution is 6.10. The number of carbonyl (C=O) groups is 1. The molecule has 0 fully saturated rings. The lowest BCUT2D eigenvalue weighted by Crippen LogP contribution is -2.14. The van der Waals surface area contributed by atoms with Gasteiger partial charge in [-0.25, -0.2) is 0 Å². The summed E-state index contributed by atoms with van der Waals surface area (Å²) in [6, 6.07) is 17.8. The zero-order valence-electron chi connectivity index (χ0n) is 17.5. The predicted molar refractivity (Wildman–Crippen MR) is 118 cm³/mol. The number of carbonyl (C=O) groups excluding carboxylic acids is 1. The molecule has 3 rings (SSSR count). The fourth-order valence-corrected chi connectivity index (χ4v) is 3.49. The summed E-state index contributed by atoms with van der Waals surface area (Å²) in [6.45, 7) is 10.2. The lowest BCUT2D eigenvalue weighted by molar-refractivity contribution is -0.112. The van der Waals surface area contributed by atoms with Gasteiger partial charge in [-0.2, -0.15) is 5.26 Å². The van der Waals surface area contributed by atoms with Crippen molar-refractivity contribution in [1.82, 2.24) is 4.57 Å². The van der Waals surface area contributed by atoms with Crippen molar-refractivity contribution >= 4 is 17.7 Å². The van der Waals surface area contributed by atoms with Crippen LogP contribution in [0, 0.1) is 45.9 Å². The Morgan fingerprint density at radius 1 is 1.00 bits per heavy atom. The molecule has 1 aromatic heterocycles. The molecule has 1 amide bonds. The third kappa shape index (κ3) is 4.00. The predicted octanol–water partition coefficient (Wildman–Crippen LogP) is 5.57. The first-order valence-corrected chi connectivity index (χ1v) is 9.57. The van der Waals surface area contributed by atoms with Crippen molar-refractivity contribution in [3.05, 3.63) is 87.7 Å². The van der Waals surface area contributed by atoms with Crippen LogP contribution >= 0.6 is 0 Å². The van der Waals surface area contributed by atoms with Gasteiger partial charge in [0.25, 0.3) is 5.91 Å². The number of amides is 1. The monoisotopic (exact) mass is 383 g/mol. The number of rotatable bonds is 4. The summed E-state index contributed by atoms with van der Waals surface area (Å²) in [5, 5.41) is 12.4. The van der Waals surface area contributed by atoms with Crippen LogP contribution in [0.3, 0.4) is 0 Å². The molecular weight excluding hydrogens is 358 g/mol. The van der Waals surface area contributed by atoms with E-state index in [0.29, 0.717) is 5.69 Å². The Hall–Kier alpha value is -3.58. The van der Waals surface area contributed by atoms with Crippen LogP contribution in [0.2, 0.25) is 0 Å². The normalized spacial score (nSPS) is 11.2. The number of hydrogen-bond donors (Lipinski definition) is 1. The summed E-state index contributed by atoms with van der Waals surface area (Å²) in [7, 11) is 0. The molecule has 0 spiro atoms. The molecule has 1 heterocycles. The van der Waals surface area contributed by atoms with E-state index in [-0.39, 0.29) is 5.57 Å². The second-order valence-electron chi connectivity index (χ2n) is 7.32. The second kappa shape index (κ2) is 8.20. The van der Waals surface area contributed by atoms with Gasteiger partial charge in [0, 0.05) is 22.8 Å². The van der Waals surface area contributed by atoms with Crippen LogP contribution in [0.1, 0.15) is 33.6 Å². The molecule has 0 bridgehead atoms. The number of anilines is 1. The number of nitrogens with zero attached hydrogens (tertiary/aromatic N) is 2. The first-order valence-electron chi connectivity index (χ1n) is 9.57. The van der Waals surface area contributed by atoms with Crippen LogP contribution < -0.4 is 5.32 Å².